The van der Waals surface area contributed by atoms with Gasteiger partial charge in [0.1, 0.15) is 24.4 Å². The Morgan fingerprint density at radius 2 is 1.73 bits per heavy atom. The fraction of sp³-hybridized carbons (Fsp3) is 1.00. The molecule has 0 amide bonds. The van der Waals surface area contributed by atoms with Crippen molar-refractivity contribution >= 4 is 0 Å². The second-order valence-corrected chi connectivity index (χ2v) is 2.84. The van der Waals surface area contributed by atoms with E-state index in [-0.39, 0.29) is 6.10 Å². The molecule has 3 N–H and O–H groups in total. The van der Waals surface area contributed by atoms with Gasteiger partial charge in [0, 0.05) is 0 Å². The number of aliphatic hydroxyl groups excluding tert-OH is 3. The van der Waals surface area contributed by atoms with Crippen LogP contribution in [0.5, 0.6) is 0 Å². The number of aliphatic hydroxyl groups is 3. The Hall–Kier alpha value is -0.200. The molecule has 0 aromatic heterocycles. The number of hydrogen-bond donors (Lipinski definition) is 3. The van der Waals surface area contributed by atoms with Gasteiger partial charge in [-0.05, 0) is 0 Å². The number of epoxide rings is 1. The van der Waals surface area contributed by atoms with Crippen LogP contribution in [0, 0.1) is 0 Å². The van der Waals surface area contributed by atoms with Crippen molar-refractivity contribution < 1.29 is 24.8 Å². The zero-order chi connectivity index (χ0) is 8.01. The lowest BCUT2D eigenvalue weighted by Crippen LogP contribution is -2.34. The molecule has 5 heteroatoms. The third-order valence-corrected chi connectivity index (χ3v) is 2.00. The van der Waals surface area contributed by atoms with Crippen molar-refractivity contribution in [1.29, 1.82) is 0 Å². The monoisotopic (exact) mass is 162 g/mol. The molecule has 0 aliphatic carbocycles. The summed E-state index contributed by atoms with van der Waals surface area (Å²) in [7, 11) is 0. The molecule has 2 rings (SSSR count). The lowest BCUT2D eigenvalue weighted by Gasteiger charge is -2.10. The second-order valence-electron chi connectivity index (χ2n) is 2.84. The summed E-state index contributed by atoms with van der Waals surface area (Å²) in [4.78, 5) is 0. The highest BCUT2D eigenvalue weighted by Crippen LogP contribution is 2.28. The Morgan fingerprint density at radius 1 is 1.09 bits per heavy atom. The molecule has 2 saturated heterocycles. The first-order valence-electron chi connectivity index (χ1n) is 3.51. The van der Waals surface area contributed by atoms with Gasteiger partial charge in [-0.2, -0.15) is 0 Å². The van der Waals surface area contributed by atoms with E-state index in [0.717, 1.165) is 0 Å². The normalized spacial score (nSPS) is 56.5. The molecule has 2 aliphatic heterocycles. The van der Waals surface area contributed by atoms with Crippen molar-refractivity contribution in [2.45, 2.75) is 30.7 Å². The highest BCUT2D eigenvalue weighted by Gasteiger charge is 2.49. The zero-order valence-electron chi connectivity index (χ0n) is 5.75. The molecule has 64 valence electrons. The molecule has 2 aliphatic rings. The summed E-state index contributed by atoms with van der Waals surface area (Å²) in [6.07, 6.45) is -4.24. The van der Waals surface area contributed by atoms with Crippen LogP contribution in [0.25, 0.3) is 0 Å². The van der Waals surface area contributed by atoms with E-state index in [1.54, 1.807) is 0 Å². The fourth-order valence-electron chi connectivity index (χ4n) is 1.24. The maximum atomic E-state index is 9.22. The summed E-state index contributed by atoms with van der Waals surface area (Å²) in [6.45, 7) is 0.529. The molecule has 0 spiro atoms. The Bertz CT molecular complexity index is 157. The predicted octanol–water partition coefficient (Wildman–Crippen LogP) is -2.18. The van der Waals surface area contributed by atoms with Crippen molar-refractivity contribution in [2.75, 3.05) is 6.61 Å². The minimum Gasteiger partial charge on any atom is -0.387 e. The fourth-order valence-corrected chi connectivity index (χ4v) is 1.24. The van der Waals surface area contributed by atoms with Crippen LogP contribution in [0.4, 0.5) is 0 Å². The molecule has 0 bridgehead atoms. The first-order valence-corrected chi connectivity index (χ1v) is 3.51. The maximum absolute atomic E-state index is 9.22. The summed E-state index contributed by atoms with van der Waals surface area (Å²) in [5.74, 6) is 0. The van der Waals surface area contributed by atoms with Crippen LogP contribution in [0.2, 0.25) is 0 Å². The van der Waals surface area contributed by atoms with Crippen LogP contribution in [0.1, 0.15) is 0 Å². The van der Waals surface area contributed by atoms with Crippen LogP contribution in [-0.4, -0.2) is 52.6 Å². The van der Waals surface area contributed by atoms with E-state index in [0.29, 0.717) is 6.61 Å². The summed E-state index contributed by atoms with van der Waals surface area (Å²) in [6, 6.07) is 0. The van der Waals surface area contributed by atoms with Crippen LogP contribution in [0.3, 0.4) is 0 Å². The maximum Gasteiger partial charge on any atom is 0.184 e. The van der Waals surface area contributed by atoms with Gasteiger partial charge in [0.15, 0.2) is 6.29 Å². The molecule has 2 fully saturated rings. The van der Waals surface area contributed by atoms with Crippen LogP contribution < -0.4 is 0 Å². The lowest BCUT2D eigenvalue weighted by molar-refractivity contribution is -0.129. The van der Waals surface area contributed by atoms with Crippen molar-refractivity contribution in [1.82, 2.24) is 0 Å². The first-order chi connectivity index (χ1) is 5.20. The van der Waals surface area contributed by atoms with Gasteiger partial charge in [0.05, 0.1) is 6.61 Å². The first kappa shape index (κ1) is 7.45. The van der Waals surface area contributed by atoms with E-state index in [9.17, 15) is 5.11 Å². The van der Waals surface area contributed by atoms with Gasteiger partial charge in [-0.15, -0.1) is 0 Å². The molecule has 11 heavy (non-hydrogen) atoms. The summed E-state index contributed by atoms with van der Waals surface area (Å²) in [5.41, 5.74) is 0. The Morgan fingerprint density at radius 3 is 2.09 bits per heavy atom. The van der Waals surface area contributed by atoms with E-state index in [1.807, 2.05) is 0 Å². The molecule has 1 unspecified atom stereocenters. The van der Waals surface area contributed by atoms with Crippen LogP contribution in [-0.2, 0) is 9.47 Å². The topological polar surface area (TPSA) is 82.5 Å². The van der Waals surface area contributed by atoms with E-state index in [1.165, 1.54) is 0 Å². The zero-order valence-corrected chi connectivity index (χ0v) is 5.75. The molecule has 0 saturated carbocycles. The van der Waals surface area contributed by atoms with Crippen molar-refractivity contribution in [3.63, 3.8) is 0 Å². The highest BCUT2D eigenvalue weighted by molar-refractivity contribution is 4.94. The van der Waals surface area contributed by atoms with Gasteiger partial charge < -0.3 is 24.8 Å². The van der Waals surface area contributed by atoms with Gasteiger partial charge in [0.25, 0.3) is 0 Å². The molecule has 0 radical (unpaired) electrons. The third kappa shape index (κ3) is 1.15. The molecular formula is C6H10O5. The summed E-state index contributed by atoms with van der Waals surface area (Å²) in [5, 5.41) is 27.2. The van der Waals surface area contributed by atoms with Crippen molar-refractivity contribution in [2.24, 2.45) is 0 Å². The van der Waals surface area contributed by atoms with Gasteiger partial charge in [0.2, 0.25) is 0 Å². The minimum absolute atomic E-state index is 0.156. The van der Waals surface area contributed by atoms with Crippen LogP contribution >= 0.6 is 0 Å². The minimum atomic E-state index is -1.28. The standard InChI is InChI=1S/C6H10O5/c7-3-4(8)6(9)11-5(3)2-1-10-2/h2-9H,1H2/t2-,3-,4-,5-,6?/m1/s1. The van der Waals surface area contributed by atoms with Crippen LogP contribution in [0.15, 0.2) is 0 Å². The SMILES string of the molecule is OC1O[C@H]([C@H]2CO2)[C@H](O)[C@H]1O. The molecule has 0 aromatic rings. The smallest absolute Gasteiger partial charge is 0.184 e. The molecule has 0 aromatic carbocycles. The quantitative estimate of drug-likeness (QED) is 0.382. The number of rotatable bonds is 1. The summed E-state index contributed by atoms with van der Waals surface area (Å²) >= 11 is 0. The number of ether oxygens (including phenoxy) is 2. The largest absolute Gasteiger partial charge is 0.387 e. The number of hydrogen-bond acceptors (Lipinski definition) is 5. The Kier molecular flexibility index (Phi) is 1.62. The van der Waals surface area contributed by atoms with E-state index >= 15 is 0 Å². The van der Waals surface area contributed by atoms with Crippen molar-refractivity contribution in [3.05, 3.63) is 0 Å². The molecular weight excluding hydrogens is 152 g/mol. The Labute approximate surface area is 63.2 Å². The van der Waals surface area contributed by atoms with Gasteiger partial charge in [-0.3, -0.25) is 0 Å². The second kappa shape index (κ2) is 2.40. The van der Waals surface area contributed by atoms with E-state index < -0.39 is 24.6 Å². The van der Waals surface area contributed by atoms with Gasteiger partial charge >= 0.3 is 0 Å². The molecule has 5 nitrogen and oxygen atoms in total. The van der Waals surface area contributed by atoms with E-state index in [4.69, 9.17) is 19.7 Å². The molecule has 5 atom stereocenters. The lowest BCUT2D eigenvalue weighted by atomic mass is 10.1. The summed E-state index contributed by atoms with van der Waals surface area (Å²) < 4.78 is 9.69. The third-order valence-electron chi connectivity index (χ3n) is 2.00. The van der Waals surface area contributed by atoms with Crippen molar-refractivity contribution in [3.8, 4) is 0 Å². The molecule has 2 heterocycles. The average molecular weight is 162 g/mol. The average Bonchev–Trinajstić information content (AvgIpc) is 2.76. The van der Waals surface area contributed by atoms with Gasteiger partial charge in [-0.25, -0.2) is 0 Å². The highest BCUT2D eigenvalue weighted by atomic mass is 16.7. The van der Waals surface area contributed by atoms with Gasteiger partial charge in [-0.1, -0.05) is 0 Å². The van der Waals surface area contributed by atoms with E-state index in [2.05, 4.69) is 0 Å². The Balaban J connectivity index is 2.01. The predicted molar refractivity (Wildman–Crippen MR) is 32.6 cm³/mol.